The van der Waals surface area contributed by atoms with Crippen LogP contribution in [0, 0.1) is 0 Å². The molecule has 0 spiro atoms. The third-order valence-corrected chi connectivity index (χ3v) is 9.39. The molecule has 9 aromatic rings. The maximum atomic E-state index is 9.58. The molecule has 53 heavy (non-hydrogen) atoms. The predicted octanol–water partition coefficient (Wildman–Crippen LogP) is 14.6. The van der Waals surface area contributed by atoms with Crippen molar-refractivity contribution < 1.29 is 11.0 Å². The molecular weight excluding hydrogens is 639 g/mol. The van der Waals surface area contributed by atoms with Gasteiger partial charge in [0.25, 0.3) is 0 Å². The van der Waals surface area contributed by atoms with Crippen LogP contribution in [0.5, 0.6) is 0 Å². The van der Waals surface area contributed by atoms with E-state index in [-0.39, 0.29) is 46.7 Å². The first-order valence-electron chi connectivity index (χ1n) is 21.5. The summed E-state index contributed by atoms with van der Waals surface area (Å²) in [5.74, 6) is 0. The molecular formula is C52H37N. The largest absolute Gasteiger partial charge is 0.310 e. The third kappa shape index (κ3) is 6.65. The second-order valence-electron chi connectivity index (χ2n) is 12.8. The number of nitrogens with zero attached hydrogens (tertiary/aromatic N) is 1. The first kappa shape index (κ1) is 24.3. The van der Waals surface area contributed by atoms with E-state index in [2.05, 4.69) is 0 Å². The van der Waals surface area contributed by atoms with Crippen molar-refractivity contribution in [1.82, 2.24) is 0 Å². The van der Waals surface area contributed by atoms with E-state index in [0.717, 1.165) is 44.2 Å². The highest BCUT2D eigenvalue weighted by Gasteiger charge is 2.15. The van der Waals surface area contributed by atoms with E-state index in [1.54, 1.807) is 24.3 Å². The number of anilines is 3. The number of fused-ring (bicyclic) bond motifs is 1. The lowest BCUT2D eigenvalue weighted by Gasteiger charge is -2.26. The minimum absolute atomic E-state index is 0.106. The zero-order chi connectivity index (χ0) is 42.4. The molecule has 0 radical (unpaired) electrons. The van der Waals surface area contributed by atoms with Gasteiger partial charge in [0.2, 0.25) is 0 Å². The van der Waals surface area contributed by atoms with Crippen molar-refractivity contribution in [3.8, 4) is 55.6 Å². The summed E-state index contributed by atoms with van der Waals surface area (Å²) in [7, 11) is 0. The van der Waals surface area contributed by atoms with Crippen molar-refractivity contribution >= 4 is 27.8 Å². The van der Waals surface area contributed by atoms with Crippen LogP contribution >= 0.6 is 0 Å². The molecule has 0 unspecified atom stereocenters. The van der Waals surface area contributed by atoms with Gasteiger partial charge < -0.3 is 4.90 Å². The lowest BCUT2D eigenvalue weighted by Crippen LogP contribution is -2.10. The quantitative estimate of drug-likeness (QED) is 0.154. The molecule has 0 aliphatic carbocycles. The first-order chi connectivity index (χ1) is 29.6. The number of benzene rings is 9. The van der Waals surface area contributed by atoms with Crippen molar-refractivity contribution in [1.29, 1.82) is 0 Å². The molecule has 0 aliphatic heterocycles. The minimum atomic E-state index is -0.395. The SMILES string of the molecule is [2H]c1c([2H])c(N(c2cccc(-c3cccc4ccccc34)c2)c2c([2H])c([2H])c(-c3cccc(-c4ccccc4)c3)c([2H])c2[2H])c([2H])c([2H])c1-c1cccc(-c2ccccc2)c1. The highest BCUT2D eigenvalue weighted by atomic mass is 15.1. The van der Waals surface area contributed by atoms with E-state index in [4.69, 9.17) is 0 Å². The van der Waals surface area contributed by atoms with Gasteiger partial charge in [-0.25, -0.2) is 0 Å². The fourth-order valence-electron chi connectivity index (χ4n) is 6.75. The van der Waals surface area contributed by atoms with Gasteiger partial charge in [-0.1, -0.05) is 176 Å². The van der Waals surface area contributed by atoms with E-state index in [9.17, 15) is 11.0 Å². The fourth-order valence-corrected chi connectivity index (χ4v) is 6.75. The normalized spacial score (nSPS) is 13.1. The van der Waals surface area contributed by atoms with E-state index >= 15 is 0 Å². The van der Waals surface area contributed by atoms with Crippen LogP contribution in [0.15, 0.2) is 224 Å². The molecule has 9 rings (SSSR count). The van der Waals surface area contributed by atoms with Crippen LogP contribution in [0.25, 0.3) is 66.4 Å². The summed E-state index contributed by atoms with van der Waals surface area (Å²) in [4.78, 5) is 1.37. The van der Waals surface area contributed by atoms with Crippen LogP contribution < -0.4 is 4.90 Å². The highest BCUT2D eigenvalue weighted by Crippen LogP contribution is 2.40. The lowest BCUT2D eigenvalue weighted by molar-refractivity contribution is 1.28. The van der Waals surface area contributed by atoms with Crippen LogP contribution in [0.1, 0.15) is 11.0 Å². The van der Waals surface area contributed by atoms with Crippen molar-refractivity contribution in [2.75, 3.05) is 4.90 Å². The second kappa shape index (κ2) is 14.3. The molecule has 0 aliphatic rings. The van der Waals surface area contributed by atoms with Gasteiger partial charge in [0.15, 0.2) is 0 Å². The van der Waals surface area contributed by atoms with E-state index in [1.165, 1.54) is 4.90 Å². The summed E-state index contributed by atoms with van der Waals surface area (Å²) in [6.07, 6.45) is 0. The van der Waals surface area contributed by atoms with Crippen molar-refractivity contribution in [2.45, 2.75) is 0 Å². The molecule has 0 heterocycles. The Morgan fingerprint density at radius 3 is 1.26 bits per heavy atom. The molecule has 0 amide bonds. The van der Waals surface area contributed by atoms with Gasteiger partial charge in [0.1, 0.15) is 0 Å². The molecule has 250 valence electrons. The van der Waals surface area contributed by atoms with Gasteiger partial charge in [0, 0.05) is 17.1 Å². The summed E-state index contributed by atoms with van der Waals surface area (Å²) in [5, 5.41) is 2.02. The van der Waals surface area contributed by atoms with Gasteiger partial charge >= 0.3 is 0 Å². The van der Waals surface area contributed by atoms with Crippen molar-refractivity contribution in [3.05, 3.63) is 224 Å². The van der Waals surface area contributed by atoms with Gasteiger partial charge in [0.05, 0.1) is 11.0 Å². The Morgan fingerprint density at radius 2 is 0.698 bits per heavy atom. The molecule has 0 N–H and O–H groups in total. The summed E-state index contributed by atoms with van der Waals surface area (Å²) in [6, 6.07) is 52.6. The van der Waals surface area contributed by atoms with Crippen LogP contribution in [0.4, 0.5) is 17.1 Å². The van der Waals surface area contributed by atoms with Gasteiger partial charge in [-0.3, -0.25) is 0 Å². The van der Waals surface area contributed by atoms with Crippen LogP contribution in [-0.4, -0.2) is 0 Å². The molecule has 0 fully saturated rings. The van der Waals surface area contributed by atoms with Gasteiger partial charge in [-0.15, -0.1) is 0 Å². The van der Waals surface area contributed by atoms with E-state index in [0.29, 0.717) is 16.8 Å². The lowest BCUT2D eigenvalue weighted by atomic mass is 9.97. The number of rotatable bonds is 8. The van der Waals surface area contributed by atoms with Gasteiger partial charge in [-0.2, -0.15) is 0 Å². The minimum Gasteiger partial charge on any atom is -0.310 e. The van der Waals surface area contributed by atoms with Gasteiger partial charge in [-0.05, 0) is 115 Å². The van der Waals surface area contributed by atoms with E-state index in [1.807, 2.05) is 152 Å². The topological polar surface area (TPSA) is 3.24 Å². The van der Waals surface area contributed by atoms with Crippen LogP contribution in [0.2, 0.25) is 0 Å². The molecule has 0 atom stereocenters. The van der Waals surface area contributed by atoms with E-state index < -0.39 is 24.2 Å². The fraction of sp³-hybridized carbons (Fsp3) is 0. The summed E-state index contributed by atoms with van der Waals surface area (Å²) in [5.41, 5.74) is 6.40. The first-order valence-corrected chi connectivity index (χ1v) is 17.5. The molecule has 0 saturated carbocycles. The molecule has 0 bridgehead atoms. The number of hydrogen-bond acceptors (Lipinski definition) is 1. The predicted molar refractivity (Wildman–Crippen MR) is 226 cm³/mol. The maximum Gasteiger partial charge on any atom is 0.0645 e. The smallest absolute Gasteiger partial charge is 0.0645 e. The highest BCUT2D eigenvalue weighted by molar-refractivity contribution is 5.97. The van der Waals surface area contributed by atoms with Crippen molar-refractivity contribution in [2.24, 2.45) is 0 Å². The zero-order valence-electron chi connectivity index (χ0n) is 36.7. The summed E-state index contributed by atoms with van der Waals surface area (Å²) in [6.45, 7) is 0. The molecule has 9 aromatic carbocycles. The Morgan fingerprint density at radius 1 is 0.283 bits per heavy atom. The molecule has 1 nitrogen and oxygen atoms in total. The molecule has 0 saturated heterocycles. The maximum absolute atomic E-state index is 9.58. The average Bonchev–Trinajstić information content (AvgIpc) is 3.30. The summed E-state index contributed by atoms with van der Waals surface area (Å²) >= 11 is 0. The third-order valence-electron chi connectivity index (χ3n) is 9.39. The molecule has 0 aromatic heterocycles. The monoisotopic (exact) mass is 683 g/mol. The Labute approximate surface area is 323 Å². The zero-order valence-corrected chi connectivity index (χ0v) is 28.7. The molecule has 1 heteroatoms. The Bertz CT molecular complexity index is 2920. The summed E-state index contributed by atoms with van der Waals surface area (Å²) < 4.78 is 76.0. The standard InChI is InChI=1S/C52H37N/c1-3-13-38(14-4-1)43-19-9-21-45(35-43)40-27-31-48(32-28-40)53(50-24-11-23-47(37-50)52-26-12-18-42-17-7-8-25-51(42)52)49-33-29-41(30-34-49)46-22-10-20-44(36-46)39-15-5-2-6-16-39/h1-37H/i27D,28D,29D,30D,31D,32D,33D,34D. The Balaban J connectivity index is 1.28. The Hall–Kier alpha value is -6.96. The van der Waals surface area contributed by atoms with Crippen LogP contribution in [-0.2, 0) is 0 Å². The average molecular weight is 684 g/mol. The van der Waals surface area contributed by atoms with Crippen LogP contribution in [0.3, 0.4) is 0 Å². The number of hydrogen-bond donors (Lipinski definition) is 0. The Kier molecular flexibility index (Phi) is 6.57. The van der Waals surface area contributed by atoms with Crippen molar-refractivity contribution in [3.63, 3.8) is 0 Å². The second-order valence-corrected chi connectivity index (χ2v) is 12.8.